The minimum atomic E-state index is 0.137. The van der Waals surface area contributed by atoms with Crippen LogP contribution in [0.15, 0.2) is 0 Å². The molecule has 15 heavy (non-hydrogen) atoms. The lowest BCUT2D eigenvalue weighted by Gasteiger charge is -2.32. The largest absolute Gasteiger partial charge is 0.374 e. The van der Waals surface area contributed by atoms with Gasteiger partial charge in [-0.15, -0.1) is 0 Å². The van der Waals surface area contributed by atoms with Crippen molar-refractivity contribution in [1.29, 1.82) is 5.26 Å². The van der Waals surface area contributed by atoms with Crippen molar-refractivity contribution in [2.75, 3.05) is 13.1 Å². The molecule has 0 amide bonds. The van der Waals surface area contributed by atoms with Crippen LogP contribution >= 0.6 is 0 Å². The van der Waals surface area contributed by atoms with Gasteiger partial charge in [0.15, 0.2) is 0 Å². The van der Waals surface area contributed by atoms with E-state index in [1.54, 1.807) is 0 Å². The van der Waals surface area contributed by atoms with Crippen LogP contribution in [-0.4, -0.2) is 36.2 Å². The number of hydrogen-bond donors (Lipinski definition) is 0. The number of nitrogens with zero attached hydrogens (tertiary/aromatic N) is 2. The van der Waals surface area contributed by atoms with E-state index in [1.165, 1.54) is 19.3 Å². The molecule has 2 saturated heterocycles. The van der Waals surface area contributed by atoms with E-state index in [9.17, 15) is 0 Å². The van der Waals surface area contributed by atoms with E-state index in [-0.39, 0.29) is 6.04 Å². The fourth-order valence-corrected chi connectivity index (χ4v) is 2.64. The number of rotatable bonds is 2. The molecule has 0 aromatic heterocycles. The van der Waals surface area contributed by atoms with Crippen LogP contribution in [0, 0.1) is 11.3 Å². The van der Waals surface area contributed by atoms with E-state index in [4.69, 9.17) is 10.00 Å². The van der Waals surface area contributed by atoms with Gasteiger partial charge in [0, 0.05) is 6.54 Å². The molecule has 3 unspecified atom stereocenters. The Kier molecular flexibility index (Phi) is 3.61. The monoisotopic (exact) mass is 208 g/mol. The van der Waals surface area contributed by atoms with E-state index in [0.717, 1.165) is 25.9 Å². The van der Waals surface area contributed by atoms with E-state index >= 15 is 0 Å². The van der Waals surface area contributed by atoms with Gasteiger partial charge in [-0.05, 0) is 45.6 Å². The minimum absolute atomic E-state index is 0.137. The molecule has 0 spiro atoms. The molecule has 2 rings (SSSR count). The van der Waals surface area contributed by atoms with Crippen LogP contribution in [0.25, 0.3) is 0 Å². The first-order valence-electron chi connectivity index (χ1n) is 6.08. The predicted molar refractivity (Wildman–Crippen MR) is 58.4 cm³/mol. The number of likely N-dealkylation sites (tertiary alicyclic amines) is 1. The molecular weight excluding hydrogens is 188 g/mol. The molecule has 2 fully saturated rings. The summed E-state index contributed by atoms with van der Waals surface area (Å²) in [6.45, 7) is 4.17. The topological polar surface area (TPSA) is 36.3 Å². The second-order valence-corrected chi connectivity index (χ2v) is 4.78. The van der Waals surface area contributed by atoms with Crippen molar-refractivity contribution in [2.24, 2.45) is 0 Å². The lowest BCUT2D eigenvalue weighted by atomic mass is 10.0. The molecule has 3 atom stereocenters. The van der Waals surface area contributed by atoms with Gasteiger partial charge >= 0.3 is 0 Å². The van der Waals surface area contributed by atoms with Crippen LogP contribution in [-0.2, 0) is 4.74 Å². The maximum atomic E-state index is 9.05. The SMILES string of the molecule is CC1CCC(CN2CCCCC2C#N)O1. The Morgan fingerprint density at radius 1 is 1.33 bits per heavy atom. The molecule has 0 N–H and O–H groups in total. The zero-order valence-corrected chi connectivity index (χ0v) is 9.48. The molecular formula is C12H20N2O. The summed E-state index contributed by atoms with van der Waals surface area (Å²) in [6.07, 6.45) is 6.61. The molecule has 84 valence electrons. The molecule has 2 heterocycles. The van der Waals surface area contributed by atoms with Gasteiger partial charge in [-0.3, -0.25) is 4.90 Å². The molecule has 0 aromatic carbocycles. The Labute approximate surface area is 92.0 Å². The van der Waals surface area contributed by atoms with Gasteiger partial charge in [-0.1, -0.05) is 0 Å². The van der Waals surface area contributed by atoms with Crippen molar-refractivity contribution >= 4 is 0 Å². The number of piperidine rings is 1. The van der Waals surface area contributed by atoms with Crippen LogP contribution in [0.2, 0.25) is 0 Å². The highest BCUT2D eigenvalue weighted by Crippen LogP contribution is 2.23. The maximum Gasteiger partial charge on any atom is 0.0978 e. The number of hydrogen-bond acceptors (Lipinski definition) is 3. The quantitative estimate of drug-likeness (QED) is 0.695. The molecule has 3 heteroatoms. The van der Waals surface area contributed by atoms with Gasteiger partial charge in [0.1, 0.15) is 0 Å². The van der Waals surface area contributed by atoms with Crippen molar-refractivity contribution in [2.45, 2.75) is 57.3 Å². The lowest BCUT2D eigenvalue weighted by molar-refractivity contribution is 0.0207. The van der Waals surface area contributed by atoms with E-state index < -0.39 is 0 Å². The zero-order chi connectivity index (χ0) is 10.7. The first-order valence-corrected chi connectivity index (χ1v) is 6.08. The highest BCUT2D eigenvalue weighted by Gasteiger charge is 2.28. The van der Waals surface area contributed by atoms with Gasteiger partial charge in [0.05, 0.1) is 24.3 Å². The van der Waals surface area contributed by atoms with Crippen LogP contribution in [0.5, 0.6) is 0 Å². The summed E-state index contributed by atoms with van der Waals surface area (Å²) in [7, 11) is 0. The summed E-state index contributed by atoms with van der Waals surface area (Å²) >= 11 is 0. The van der Waals surface area contributed by atoms with E-state index in [0.29, 0.717) is 12.2 Å². The van der Waals surface area contributed by atoms with E-state index in [1.807, 2.05) is 0 Å². The minimum Gasteiger partial charge on any atom is -0.374 e. The summed E-state index contributed by atoms with van der Waals surface area (Å²) in [5.41, 5.74) is 0. The fraction of sp³-hybridized carbons (Fsp3) is 0.917. The van der Waals surface area contributed by atoms with Gasteiger partial charge in [-0.2, -0.15) is 5.26 Å². The second-order valence-electron chi connectivity index (χ2n) is 4.78. The van der Waals surface area contributed by atoms with Gasteiger partial charge in [-0.25, -0.2) is 0 Å². The zero-order valence-electron chi connectivity index (χ0n) is 9.48. The normalized spacial score (nSPS) is 37.7. The summed E-state index contributed by atoms with van der Waals surface area (Å²) in [6, 6.07) is 2.55. The van der Waals surface area contributed by atoms with Crippen LogP contribution in [0.3, 0.4) is 0 Å². The first kappa shape index (κ1) is 10.9. The van der Waals surface area contributed by atoms with Crippen molar-refractivity contribution in [1.82, 2.24) is 4.90 Å². The number of nitriles is 1. The first-order chi connectivity index (χ1) is 7.29. The van der Waals surface area contributed by atoms with Crippen molar-refractivity contribution in [3.05, 3.63) is 0 Å². The van der Waals surface area contributed by atoms with Crippen molar-refractivity contribution in [3.8, 4) is 6.07 Å². The van der Waals surface area contributed by atoms with Gasteiger partial charge < -0.3 is 4.74 Å². The van der Waals surface area contributed by atoms with Crippen molar-refractivity contribution < 1.29 is 4.74 Å². The molecule has 0 aliphatic carbocycles. The maximum absolute atomic E-state index is 9.05. The smallest absolute Gasteiger partial charge is 0.0978 e. The standard InChI is InChI=1S/C12H20N2O/c1-10-5-6-12(15-10)9-14-7-3-2-4-11(14)8-13/h10-12H,2-7,9H2,1H3. The average Bonchev–Trinajstić information content (AvgIpc) is 2.65. The Balaban J connectivity index is 1.84. The summed E-state index contributed by atoms with van der Waals surface area (Å²) in [4.78, 5) is 2.31. The third kappa shape index (κ3) is 2.70. The molecule has 0 radical (unpaired) electrons. The Morgan fingerprint density at radius 2 is 2.20 bits per heavy atom. The summed E-state index contributed by atoms with van der Waals surface area (Å²) in [5.74, 6) is 0. The lowest BCUT2D eigenvalue weighted by Crippen LogP contribution is -2.42. The number of ether oxygens (including phenoxy) is 1. The molecule has 3 nitrogen and oxygen atoms in total. The van der Waals surface area contributed by atoms with Crippen LogP contribution in [0.4, 0.5) is 0 Å². The van der Waals surface area contributed by atoms with Crippen LogP contribution < -0.4 is 0 Å². The molecule has 0 bridgehead atoms. The molecule has 0 aromatic rings. The fourth-order valence-electron chi connectivity index (χ4n) is 2.64. The van der Waals surface area contributed by atoms with Gasteiger partial charge in [0.25, 0.3) is 0 Å². The van der Waals surface area contributed by atoms with E-state index in [2.05, 4.69) is 17.9 Å². The molecule has 2 aliphatic heterocycles. The Morgan fingerprint density at radius 3 is 2.87 bits per heavy atom. The Hall–Kier alpha value is -0.590. The Bertz CT molecular complexity index is 248. The predicted octanol–water partition coefficient (Wildman–Crippen LogP) is 1.93. The summed E-state index contributed by atoms with van der Waals surface area (Å²) < 4.78 is 5.81. The molecule has 0 saturated carbocycles. The van der Waals surface area contributed by atoms with Gasteiger partial charge in [0.2, 0.25) is 0 Å². The third-order valence-electron chi connectivity index (χ3n) is 3.52. The average molecular weight is 208 g/mol. The molecule has 2 aliphatic rings. The highest BCUT2D eigenvalue weighted by molar-refractivity contribution is 4.95. The summed E-state index contributed by atoms with van der Waals surface area (Å²) in [5, 5.41) is 9.05. The van der Waals surface area contributed by atoms with Crippen LogP contribution in [0.1, 0.15) is 39.0 Å². The second kappa shape index (κ2) is 4.96. The van der Waals surface area contributed by atoms with Crippen molar-refractivity contribution in [3.63, 3.8) is 0 Å². The highest BCUT2D eigenvalue weighted by atomic mass is 16.5. The third-order valence-corrected chi connectivity index (χ3v) is 3.52.